The van der Waals surface area contributed by atoms with E-state index < -0.39 is 11.8 Å². The molecule has 0 aromatic heterocycles. The van der Waals surface area contributed by atoms with Gasteiger partial charge in [-0.2, -0.15) is 5.10 Å². The lowest BCUT2D eigenvalue weighted by Crippen LogP contribution is -2.33. The number of anilines is 1. The lowest BCUT2D eigenvalue weighted by molar-refractivity contribution is -0.136. The molecule has 0 radical (unpaired) electrons. The van der Waals surface area contributed by atoms with Crippen LogP contribution in [0.4, 0.5) is 5.69 Å². The summed E-state index contributed by atoms with van der Waals surface area (Å²) in [5, 5.41) is 8.02. The van der Waals surface area contributed by atoms with Crippen molar-refractivity contribution in [2.75, 3.05) is 5.32 Å². The van der Waals surface area contributed by atoms with Crippen LogP contribution >= 0.6 is 34.8 Å². The van der Waals surface area contributed by atoms with Gasteiger partial charge in [0.1, 0.15) is 12.4 Å². The normalized spacial score (nSPS) is 10.9. The number of aryl methyl sites for hydroxylation is 2. The number of nitrogens with zero attached hydrogens (tertiary/aromatic N) is 1. The second-order valence-corrected chi connectivity index (χ2v) is 8.73. The first-order valence-electron chi connectivity index (χ1n) is 10.9. The summed E-state index contributed by atoms with van der Waals surface area (Å²) in [6, 6.07) is 15.9. The Bertz CT molecular complexity index is 1220. The van der Waals surface area contributed by atoms with E-state index in [2.05, 4.69) is 15.8 Å². The number of amides is 2. The van der Waals surface area contributed by atoms with E-state index in [9.17, 15) is 9.59 Å². The molecule has 0 aliphatic rings. The molecule has 0 atom stereocenters. The number of carbonyl (C=O) groups is 2. The zero-order valence-electron chi connectivity index (χ0n) is 19.2. The van der Waals surface area contributed by atoms with Crippen molar-refractivity contribution in [2.45, 2.75) is 33.3 Å². The van der Waals surface area contributed by atoms with Gasteiger partial charge in [0.05, 0.1) is 6.21 Å². The van der Waals surface area contributed by atoms with Gasteiger partial charge in [0, 0.05) is 31.9 Å². The van der Waals surface area contributed by atoms with Crippen LogP contribution in [0.1, 0.15) is 36.1 Å². The summed E-state index contributed by atoms with van der Waals surface area (Å²) in [5.74, 6) is -1.27. The first-order valence-corrected chi connectivity index (χ1v) is 12.1. The third-order valence-electron chi connectivity index (χ3n) is 5.22. The first kappa shape index (κ1) is 26.5. The summed E-state index contributed by atoms with van der Waals surface area (Å²) in [7, 11) is 0. The molecule has 0 bridgehead atoms. The third-order valence-corrected chi connectivity index (χ3v) is 6.16. The molecule has 2 N–H and O–H groups in total. The van der Waals surface area contributed by atoms with Crippen molar-refractivity contribution in [1.29, 1.82) is 0 Å². The Morgan fingerprint density at radius 1 is 0.914 bits per heavy atom. The van der Waals surface area contributed by atoms with E-state index in [1.165, 1.54) is 6.21 Å². The molecule has 0 heterocycles. The maximum atomic E-state index is 12.5. The second-order valence-electron chi connectivity index (χ2n) is 7.48. The molecule has 3 aromatic carbocycles. The van der Waals surface area contributed by atoms with Crippen molar-refractivity contribution in [3.05, 3.63) is 91.9 Å². The molecule has 35 heavy (non-hydrogen) atoms. The highest BCUT2D eigenvalue weighted by atomic mass is 35.5. The van der Waals surface area contributed by atoms with E-state index >= 15 is 0 Å². The molecule has 0 aliphatic heterocycles. The molecular weight excluding hydrogens is 509 g/mol. The lowest BCUT2D eigenvalue weighted by Gasteiger charge is -2.13. The van der Waals surface area contributed by atoms with E-state index in [4.69, 9.17) is 39.5 Å². The Morgan fingerprint density at radius 2 is 1.54 bits per heavy atom. The Kier molecular flexibility index (Phi) is 9.55. The Labute approximate surface area is 219 Å². The van der Waals surface area contributed by atoms with E-state index in [0.717, 1.165) is 24.0 Å². The maximum Gasteiger partial charge on any atom is 0.329 e. The number of nitrogens with one attached hydrogen (secondary N) is 2. The number of halogens is 3. The summed E-state index contributed by atoms with van der Waals surface area (Å²) >= 11 is 18.5. The predicted molar refractivity (Wildman–Crippen MR) is 142 cm³/mol. The standard InChI is InChI=1S/C26H24Cl3N3O3/c1-3-16-7-5-8-17(4-2)24(16)31-25(33)26(34)32-30-14-18-13-19(27)11-12-23(18)35-15-20-21(28)9-6-10-22(20)29/h5-14H,3-4,15H2,1-2H3,(H,31,33)(H,32,34)/b30-14-. The third kappa shape index (κ3) is 6.98. The van der Waals surface area contributed by atoms with Gasteiger partial charge >= 0.3 is 11.8 Å². The summed E-state index contributed by atoms with van der Waals surface area (Å²) < 4.78 is 5.86. The highest BCUT2D eigenvalue weighted by Gasteiger charge is 2.16. The first-order chi connectivity index (χ1) is 16.8. The van der Waals surface area contributed by atoms with E-state index in [-0.39, 0.29) is 6.61 Å². The van der Waals surface area contributed by atoms with Crippen LogP contribution in [0.15, 0.2) is 59.7 Å². The number of benzene rings is 3. The zero-order valence-corrected chi connectivity index (χ0v) is 21.5. The lowest BCUT2D eigenvalue weighted by atomic mass is 10.0. The largest absolute Gasteiger partial charge is 0.488 e. The molecule has 182 valence electrons. The summed E-state index contributed by atoms with van der Waals surface area (Å²) in [6.45, 7) is 4.09. The van der Waals surface area contributed by atoms with Gasteiger partial charge in [-0.25, -0.2) is 5.43 Å². The average Bonchev–Trinajstić information content (AvgIpc) is 2.84. The highest BCUT2D eigenvalue weighted by molar-refractivity contribution is 6.39. The van der Waals surface area contributed by atoms with Crippen LogP contribution in [0.3, 0.4) is 0 Å². The Balaban J connectivity index is 1.69. The summed E-state index contributed by atoms with van der Waals surface area (Å²) in [5.41, 5.74) is 5.93. The zero-order chi connectivity index (χ0) is 25.4. The summed E-state index contributed by atoms with van der Waals surface area (Å²) in [6.07, 6.45) is 2.79. The quantitative estimate of drug-likeness (QED) is 0.199. The smallest absolute Gasteiger partial charge is 0.329 e. The minimum atomic E-state index is -0.901. The Hall–Kier alpha value is -3.06. The van der Waals surface area contributed by atoms with Crippen LogP contribution in [0, 0.1) is 0 Å². The van der Waals surface area contributed by atoms with Crippen molar-refractivity contribution < 1.29 is 14.3 Å². The monoisotopic (exact) mass is 531 g/mol. The molecule has 0 fully saturated rings. The molecule has 9 heteroatoms. The minimum absolute atomic E-state index is 0.117. The van der Waals surface area contributed by atoms with Gasteiger partial charge in [0.15, 0.2) is 0 Å². The van der Waals surface area contributed by atoms with Crippen LogP contribution in [0.5, 0.6) is 5.75 Å². The molecule has 0 saturated carbocycles. The van der Waals surface area contributed by atoms with E-state index in [0.29, 0.717) is 37.6 Å². The van der Waals surface area contributed by atoms with Gasteiger partial charge < -0.3 is 10.1 Å². The highest BCUT2D eigenvalue weighted by Crippen LogP contribution is 2.28. The van der Waals surface area contributed by atoms with Gasteiger partial charge in [-0.05, 0) is 54.3 Å². The van der Waals surface area contributed by atoms with Crippen LogP contribution < -0.4 is 15.5 Å². The second kappa shape index (κ2) is 12.6. The predicted octanol–water partition coefficient (Wildman–Crippen LogP) is 6.44. The van der Waals surface area contributed by atoms with Crippen LogP contribution in [-0.2, 0) is 29.0 Å². The van der Waals surface area contributed by atoms with Crippen LogP contribution in [0.2, 0.25) is 15.1 Å². The number of rotatable bonds is 8. The van der Waals surface area contributed by atoms with Gasteiger partial charge in [0.25, 0.3) is 0 Å². The molecule has 0 aliphatic carbocycles. The van der Waals surface area contributed by atoms with Crippen molar-refractivity contribution >= 4 is 58.5 Å². The Morgan fingerprint density at radius 3 is 2.17 bits per heavy atom. The minimum Gasteiger partial charge on any atom is -0.488 e. The molecule has 6 nitrogen and oxygen atoms in total. The van der Waals surface area contributed by atoms with E-state index in [1.807, 2.05) is 32.0 Å². The van der Waals surface area contributed by atoms with Crippen LogP contribution in [0.25, 0.3) is 0 Å². The maximum absolute atomic E-state index is 12.5. The number of hydrogen-bond acceptors (Lipinski definition) is 4. The van der Waals surface area contributed by atoms with Crippen LogP contribution in [-0.4, -0.2) is 18.0 Å². The SMILES string of the molecule is CCc1cccc(CC)c1NC(=O)C(=O)N/N=C\c1cc(Cl)ccc1OCc1c(Cl)cccc1Cl. The van der Waals surface area contributed by atoms with Crippen molar-refractivity contribution in [3.63, 3.8) is 0 Å². The molecule has 2 amide bonds. The van der Waals surface area contributed by atoms with Gasteiger partial charge in [-0.3, -0.25) is 9.59 Å². The van der Waals surface area contributed by atoms with Crippen molar-refractivity contribution in [3.8, 4) is 5.75 Å². The summed E-state index contributed by atoms with van der Waals surface area (Å²) in [4.78, 5) is 24.8. The molecule has 0 saturated heterocycles. The number of hydrogen-bond donors (Lipinski definition) is 2. The number of para-hydroxylation sites is 1. The van der Waals surface area contributed by atoms with Gasteiger partial charge in [-0.15, -0.1) is 0 Å². The fraction of sp³-hybridized carbons (Fsp3) is 0.192. The van der Waals surface area contributed by atoms with Gasteiger partial charge in [-0.1, -0.05) is 72.9 Å². The van der Waals surface area contributed by atoms with Crippen molar-refractivity contribution in [1.82, 2.24) is 5.43 Å². The van der Waals surface area contributed by atoms with Gasteiger partial charge in [0.2, 0.25) is 0 Å². The number of ether oxygens (including phenoxy) is 1. The molecule has 0 unspecified atom stereocenters. The molecule has 0 spiro atoms. The topological polar surface area (TPSA) is 79.8 Å². The number of hydrazone groups is 1. The fourth-order valence-electron chi connectivity index (χ4n) is 3.36. The fourth-order valence-corrected chi connectivity index (χ4v) is 4.04. The molecule has 3 rings (SSSR count). The van der Waals surface area contributed by atoms with E-state index in [1.54, 1.807) is 36.4 Å². The average molecular weight is 533 g/mol. The molecule has 3 aromatic rings. The van der Waals surface area contributed by atoms with Crippen molar-refractivity contribution in [2.24, 2.45) is 5.10 Å². The number of carbonyl (C=O) groups excluding carboxylic acids is 2. The molecular formula is C26H24Cl3N3O3.